The van der Waals surface area contributed by atoms with Crippen molar-refractivity contribution in [2.75, 3.05) is 44.2 Å². The van der Waals surface area contributed by atoms with Gasteiger partial charge in [-0.2, -0.15) is 4.31 Å². The maximum Gasteiger partial charge on any atom is 0.323 e. The van der Waals surface area contributed by atoms with Gasteiger partial charge in [0.25, 0.3) is 0 Å². The molecule has 0 fully saturated rings. The van der Waals surface area contributed by atoms with E-state index in [1.165, 1.54) is 19.2 Å². The van der Waals surface area contributed by atoms with Crippen LogP contribution in [0.4, 0.5) is 20.6 Å². The third-order valence-corrected chi connectivity index (χ3v) is 9.60. The molecule has 2 aliphatic rings. The van der Waals surface area contributed by atoms with Crippen LogP contribution in [0.2, 0.25) is 0 Å². The minimum absolute atomic E-state index is 0.0667. The molecular weight excluding hydrogens is 607 g/mol. The number of nitrogens with one attached hydrogen (secondary N) is 2. The zero-order valence-corrected chi connectivity index (χ0v) is 25.8. The average molecular weight is 643 g/mol. The smallest absolute Gasteiger partial charge is 0.323 e. The Kier molecular flexibility index (Phi) is 9.46. The topological polar surface area (TPSA) is 147 Å². The Hall–Kier alpha value is -4.40. The van der Waals surface area contributed by atoms with E-state index in [1.807, 2.05) is 6.92 Å². The molecule has 240 valence electrons. The largest absolute Gasteiger partial charge is 0.488 e. The number of amides is 3. The molecule has 5 rings (SSSR count). The Morgan fingerprint density at radius 1 is 1.04 bits per heavy atom. The summed E-state index contributed by atoms with van der Waals surface area (Å²) in [6, 6.07) is 13.4. The van der Waals surface area contributed by atoms with Crippen LogP contribution in [-0.4, -0.2) is 80.4 Å². The second-order valence-corrected chi connectivity index (χ2v) is 13.1. The molecule has 0 saturated carbocycles. The van der Waals surface area contributed by atoms with Gasteiger partial charge in [0.05, 0.1) is 30.5 Å². The quantitative estimate of drug-likeness (QED) is 0.338. The summed E-state index contributed by atoms with van der Waals surface area (Å²) in [6.07, 6.45) is -0.793. The fourth-order valence-electron chi connectivity index (χ4n) is 5.13. The van der Waals surface area contributed by atoms with Gasteiger partial charge < -0.3 is 34.9 Å². The minimum Gasteiger partial charge on any atom is -0.488 e. The normalized spacial score (nSPS) is 18.7. The average Bonchev–Trinajstić information content (AvgIpc) is 3.49. The number of ether oxygens (including phenoxy) is 3. The molecule has 0 unspecified atom stereocenters. The van der Waals surface area contributed by atoms with Crippen LogP contribution in [0.5, 0.6) is 17.2 Å². The summed E-state index contributed by atoms with van der Waals surface area (Å²) < 4.78 is 58.2. The van der Waals surface area contributed by atoms with Crippen molar-refractivity contribution >= 4 is 33.3 Å². The predicted molar refractivity (Wildman–Crippen MR) is 163 cm³/mol. The van der Waals surface area contributed by atoms with Crippen molar-refractivity contribution in [3.63, 3.8) is 0 Å². The number of rotatable bonds is 8. The number of sulfonamides is 1. The van der Waals surface area contributed by atoms with E-state index < -0.39 is 34.0 Å². The van der Waals surface area contributed by atoms with Crippen molar-refractivity contribution in [2.24, 2.45) is 5.92 Å². The van der Waals surface area contributed by atoms with Gasteiger partial charge in [-0.15, -0.1) is 0 Å². The highest BCUT2D eigenvalue weighted by Gasteiger charge is 2.33. The van der Waals surface area contributed by atoms with Gasteiger partial charge in [0.2, 0.25) is 22.7 Å². The van der Waals surface area contributed by atoms with Crippen LogP contribution in [-0.2, 0) is 21.2 Å². The van der Waals surface area contributed by atoms with Crippen molar-refractivity contribution in [3.8, 4) is 17.2 Å². The lowest BCUT2D eigenvalue weighted by atomic mass is 10.0. The lowest BCUT2D eigenvalue weighted by Crippen LogP contribution is -2.48. The van der Waals surface area contributed by atoms with Crippen LogP contribution in [0.15, 0.2) is 65.6 Å². The van der Waals surface area contributed by atoms with Crippen LogP contribution in [0.3, 0.4) is 0 Å². The first-order chi connectivity index (χ1) is 21.4. The second kappa shape index (κ2) is 13.3. The number of hydrogen-bond donors (Lipinski definition) is 3. The number of halogens is 1. The van der Waals surface area contributed by atoms with Crippen molar-refractivity contribution in [1.82, 2.24) is 9.21 Å². The summed E-state index contributed by atoms with van der Waals surface area (Å²) in [5.74, 6) is 0.284. The summed E-state index contributed by atoms with van der Waals surface area (Å²) >= 11 is 0. The Labute approximate surface area is 260 Å². The molecule has 3 aromatic carbocycles. The van der Waals surface area contributed by atoms with E-state index in [2.05, 4.69) is 10.6 Å². The zero-order chi connectivity index (χ0) is 32.3. The fraction of sp³-hybridized carbons (Fsp3) is 0.355. The Bertz CT molecular complexity index is 1670. The second-order valence-electron chi connectivity index (χ2n) is 11.1. The van der Waals surface area contributed by atoms with E-state index in [4.69, 9.17) is 14.2 Å². The molecule has 12 nitrogen and oxygen atoms in total. The van der Waals surface area contributed by atoms with Crippen molar-refractivity contribution in [1.29, 1.82) is 0 Å². The molecule has 45 heavy (non-hydrogen) atoms. The number of fused-ring (bicyclic) bond motifs is 2. The summed E-state index contributed by atoms with van der Waals surface area (Å²) in [5, 5.41) is 15.4. The van der Waals surface area contributed by atoms with E-state index >= 15 is 0 Å². The van der Waals surface area contributed by atoms with Gasteiger partial charge in [-0.1, -0.05) is 6.92 Å². The Morgan fingerprint density at radius 3 is 2.38 bits per heavy atom. The molecule has 3 N–H and O–H groups in total. The third kappa shape index (κ3) is 7.30. The highest BCUT2D eigenvalue weighted by atomic mass is 32.2. The lowest BCUT2D eigenvalue weighted by molar-refractivity contribution is -0.134. The van der Waals surface area contributed by atoms with Crippen LogP contribution in [0.1, 0.15) is 19.4 Å². The molecule has 0 radical (unpaired) electrons. The van der Waals surface area contributed by atoms with Gasteiger partial charge >= 0.3 is 6.03 Å². The Morgan fingerprint density at radius 2 is 1.69 bits per heavy atom. The van der Waals surface area contributed by atoms with Crippen LogP contribution in [0, 0.1) is 11.7 Å². The first-order valence-corrected chi connectivity index (χ1v) is 15.8. The van der Waals surface area contributed by atoms with Crippen LogP contribution >= 0.6 is 0 Å². The highest BCUT2D eigenvalue weighted by molar-refractivity contribution is 7.89. The number of anilines is 2. The van der Waals surface area contributed by atoms with Gasteiger partial charge in [0.1, 0.15) is 17.7 Å². The molecule has 3 amide bonds. The number of aliphatic hydroxyl groups excluding tert-OH is 1. The van der Waals surface area contributed by atoms with Crippen LogP contribution < -0.4 is 24.8 Å². The van der Waals surface area contributed by atoms with Gasteiger partial charge in [-0.25, -0.2) is 17.6 Å². The number of benzene rings is 3. The molecule has 3 aromatic rings. The molecule has 2 aliphatic heterocycles. The molecule has 0 aromatic heterocycles. The number of nitrogens with zero attached hydrogens (tertiary/aromatic N) is 2. The summed E-state index contributed by atoms with van der Waals surface area (Å²) in [5.41, 5.74) is 1.35. The standard InChI is InChI=1S/C31H35FN4O8S/c1-19-15-36(20(2)17-37)30(38)13-21-12-23(33-31(39)34-24-7-11-27-28(14-24)43-18-42-27)6-10-26(21)44-29(19)16-35(3)45(40,41)25-8-4-22(32)5-9-25/h4-12,14,19-20,29,37H,13,15-18H2,1-3H3,(H2,33,34,39)/t19-,20+,29-/m0/s1. The number of likely N-dealkylation sites (N-methyl/N-ethyl adjacent to an activating group) is 1. The molecular formula is C31H35FN4O8S. The molecule has 0 bridgehead atoms. The third-order valence-electron chi connectivity index (χ3n) is 7.76. The fourth-order valence-corrected chi connectivity index (χ4v) is 6.31. The monoisotopic (exact) mass is 642 g/mol. The Balaban J connectivity index is 1.38. The molecule has 0 saturated heterocycles. The van der Waals surface area contributed by atoms with Gasteiger partial charge in [0.15, 0.2) is 11.5 Å². The maximum absolute atomic E-state index is 13.5. The number of carbonyl (C=O) groups excluding carboxylic acids is 2. The molecule has 3 atom stereocenters. The highest BCUT2D eigenvalue weighted by Crippen LogP contribution is 2.34. The van der Waals surface area contributed by atoms with E-state index in [0.29, 0.717) is 34.2 Å². The van der Waals surface area contributed by atoms with E-state index in [0.717, 1.165) is 16.4 Å². The van der Waals surface area contributed by atoms with Crippen molar-refractivity contribution < 1.29 is 41.7 Å². The molecule has 14 heteroatoms. The number of aliphatic hydroxyl groups is 1. The molecule has 2 heterocycles. The maximum atomic E-state index is 13.5. The minimum atomic E-state index is -3.98. The van der Waals surface area contributed by atoms with Gasteiger partial charge in [-0.05, 0) is 61.5 Å². The lowest BCUT2D eigenvalue weighted by Gasteiger charge is -2.33. The first-order valence-electron chi connectivity index (χ1n) is 14.3. The van der Waals surface area contributed by atoms with Crippen molar-refractivity contribution in [2.45, 2.75) is 37.3 Å². The summed E-state index contributed by atoms with van der Waals surface area (Å²) in [6.45, 7) is 3.53. The zero-order valence-electron chi connectivity index (χ0n) is 25.0. The van der Waals surface area contributed by atoms with E-state index in [1.54, 1.807) is 48.2 Å². The van der Waals surface area contributed by atoms with Gasteiger partial charge in [0, 0.05) is 42.5 Å². The summed E-state index contributed by atoms with van der Waals surface area (Å²) in [4.78, 5) is 27.8. The van der Waals surface area contributed by atoms with Gasteiger partial charge in [-0.3, -0.25) is 4.79 Å². The van der Waals surface area contributed by atoms with Crippen LogP contribution in [0.25, 0.3) is 0 Å². The first kappa shape index (κ1) is 32.0. The molecule has 0 aliphatic carbocycles. The number of urea groups is 1. The molecule has 0 spiro atoms. The number of carbonyl (C=O) groups is 2. The van der Waals surface area contributed by atoms with Crippen molar-refractivity contribution in [3.05, 3.63) is 72.0 Å². The van der Waals surface area contributed by atoms with E-state index in [-0.39, 0.29) is 49.6 Å². The predicted octanol–water partition coefficient (Wildman–Crippen LogP) is 3.67. The summed E-state index contributed by atoms with van der Waals surface area (Å²) in [7, 11) is -2.57. The number of hydrogen-bond acceptors (Lipinski definition) is 8. The van der Waals surface area contributed by atoms with E-state index in [9.17, 15) is 27.5 Å². The SMILES string of the molecule is C[C@H](CO)N1C[C@H](C)[C@H](CN(C)S(=O)(=O)c2ccc(F)cc2)Oc2ccc(NC(=O)Nc3ccc4c(c3)OCO4)cc2CC1=O.